The minimum atomic E-state index is -0.345. The number of aryl methyl sites for hydroxylation is 2. The molecule has 3 aliphatic heterocycles. The number of carbonyl (C=O) groups excluding carboxylic acids is 2. The molecule has 166 valence electrons. The van der Waals surface area contributed by atoms with Gasteiger partial charge in [-0.15, -0.1) is 0 Å². The highest BCUT2D eigenvalue weighted by atomic mass is 16.7. The number of likely N-dealkylation sites (tertiary alicyclic amines) is 1. The molecule has 1 N–H and O–H groups in total. The molecule has 1 unspecified atom stereocenters. The van der Waals surface area contributed by atoms with Gasteiger partial charge in [-0.2, -0.15) is 0 Å². The Morgan fingerprint density at radius 2 is 1.84 bits per heavy atom. The summed E-state index contributed by atoms with van der Waals surface area (Å²) in [6.45, 7) is 5.37. The van der Waals surface area contributed by atoms with Crippen molar-refractivity contribution in [2.45, 2.75) is 26.7 Å². The number of anilines is 1. The first kappa shape index (κ1) is 20.6. The van der Waals surface area contributed by atoms with E-state index in [9.17, 15) is 14.7 Å². The van der Waals surface area contributed by atoms with E-state index in [1.165, 1.54) is 4.90 Å². The first-order chi connectivity index (χ1) is 15.5. The number of carbonyl (C=O) groups is 2. The zero-order valence-electron chi connectivity index (χ0n) is 18.3. The van der Waals surface area contributed by atoms with E-state index < -0.39 is 0 Å². The number of fused-ring (bicyclic) bond motifs is 1. The molecule has 7 heteroatoms. The predicted molar refractivity (Wildman–Crippen MR) is 119 cm³/mol. The van der Waals surface area contributed by atoms with Gasteiger partial charge in [0.25, 0.3) is 11.8 Å². The SMILES string of the molecule is Cc1ccc(C2=C(N3CCCC(CO)C3)C(=O)N(c3ccc4c(c3)OCO4)C2=O)c(C)c1. The van der Waals surface area contributed by atoms with Crippen LogP contribution in [0.1, 0.15) is 29.5 Å². The molecule has 1 fully saturated rings. The molecule has 5 rings (SSSR count). The Kier molecular flexibility index (Phi) is 5.13. The van der Waals surface area contributed by atoms with Gasteiger partial charge in [0.2, 0.25) is 6.79 Å². The summed E-state index contributed by atoms with van der Waals surface area (Å²) in [4.78, 5) is 30.7. The van der Waals surface area contributed by atoms with Gasteiger partial charge in [-0.05, 0) is 55.9 Å². The number of piperidine rings is 1. The second-order valence-electron chi connectivity index (χ2n) is 8.66. The number of hydrogen-bond acceptors (Lipinski definition) is 6. The highest BCUT2D eigenvalue weighted by Gasteiger charge is 2.44. The van der Waals surface area contributed by atoms with Crippen molar-refractivity contribution in [3.63, 3.8) is 0 Å². The fourth-order valence-corrected chi connectivity index (χ4v) is 4.82. The summed E-state index contributed by atoms with van der Waals surface area (Å²) in [5.74, 6) is 0.504. The van der Waals surface area contributed by atoms with Crippen LogP contribution in [0, 0.1) is 19.8 Å². The van der Waals surface area contributed by atoms with Gasteiger partial charge in [-0.25, -0.2) is 4.90 Å². The highest BCUT2D eigenvalue weighted by Crippen LogP contribution is 2.41. The summed E-state index contributed by atoms with van der Waals surface area (Å²) in [5.41, 5.74) is 4.09. The van der Waals surface area contributed by atoms with E-state index in [1.54, 1.807) is 18.2 Å². The lowest BCUT2D eigenvalue weighted by molar-refractivity contribution is -0.120. The van der Waals surface area contributed by atoms with Crippen LogP contribution in [0.3, 0.4) is 0 Å². The molecular weight excluding hydrogens is 408 g/mol. The lowest BCUT2D eigenvalue weighted by Gasteiger charge is -2.34. The van der Waals surface area contributed by atoms with Crippen LogP contribution in [0.4, 0.5) is 5.69 Å². The fourth-order valence-electron chi connectivity index (χ4n) is 4.82. The molecule has 3 heterocycles. The van der Waals surface area contributed by atoms with E-state index in [-0.39, 0.29) is 31.1 Å². The third kappa shape index (κ3) is 3.33. The van der Waals surface area contributed by atoms with Gasteiger partial charge in [0.1, 0.15) is 5.70 Å². The number of aliphatic hydroxyl groups is 1. The Balaban J connectivity index is 1.62. The van der Waals surface area contributed by atoms with Gasteiger partial charge < -0.3 is 19.5 Å². The molecule has 3 aliphatic rings. The van der Waals surface area contributed by atoms with Crippen molar-refractivity contribution >= 4 is 23.1 Å². The maximum Gasteiger partial charge on any atom is 0.282 e. The van der Waals surface area contributed by atoms with Gasteiger partial charge in [-0.3, -0.25) is 9.59 Å². The molecule has 7 nitrogen and oxygen atoms in total. The second kappa shape index (κ2) is 7.98. The van der Waals surface area contributed by atoms with E-state index in [0.717, 1.165) is 29.5 Å². The quantitative estimate of drug-likeness (QED) is 0.746. The summed E-state index contributed by atoms with van der Waals surface area (Å²) in [7, 11) is 0. The maximum absolute atomic E-state index is 13.8. The van der Waals surface area contributed by atoms with Crippen LogP contribution in [0.5, 0.6) is 11.5 Å². The second-order valence-corrected chi connectivity index (χ2v) is 8.66. The van der Waals surface area contributed by atoms with E-state index in [1.807, 2.05) is 36.9 Å². The Hall–Kier alpha value is -3.32. The van der Waals surface area contributed by atoms with Gasteiger partial charge in [0.05, 0.1) is 11.3 Å². The third-order valence-electron chi connectivity index (χ3n) is 6.42. The molecule has 32 heavy (non-hydrogen) atoms. The molecule has 1 atom stereocenters. The molecule has 2 aromatic rings. The van der Waals surface area contributed by atoms with Crippen molar-refractivity contribution in [2.24, 2.45) is 5.92 Å². The van der Waals surface area contributed by atoms with Crippen molar-refractivity contribution in [1.29, 1.82) is 0 Å². The van der Waals surface area contributed by atoms with Crippen molar-refractivity contribution in [3.05, 3.63) is 58.8 Å². The average molecular weight is 434 g/mol. The summed E-state index contributed by atoms with van der Waals surface area (Å²) in [6.07, 6.45) is 1.77. The van der Waals surface area contributed by atoms with Crippen molar-refractivity contribution in [1.82, 2.24) is 4.90 Å². The zero-order valence-corrected chi connectivity index (χ0v) is 18.3. The van der Waals surface area contributed by atoms with Gasteiger partial charge in [0.15, 0.2) is 11.5 Å². The number of nitrogens with zero attached hydrogens (tertiary/aromatic N) is 2. The highest BCUT2D eigenvalue weighted by molar-refractivity contribution is 6.45. The normalized spacial score (nSPS) is 20.5. The average Bonchev–Trinajstić information content (AvgIpc) is 3.35. The number of hydrogen-bond donors (Lipinski definition) is 1. The standard InChI is InChI=1S/C25H26N2O5/c1-15-5-7-19(16(2)10-15)22-23(26-9-3-4-17(12-26)13-28)25(30)27(24(22)29)18-6-8-20-21(11-18)32-14-31-20/h5-8,10-11,17,28H,3-4,9,12-14H2,1-2H3. The van der Waals surface area contributed by atoms with Gasteiger partial charge >= 0.3 is 0 Å². The van der Waals surface area contributed by atoms with E-state index in [0.29, 0.717) is 41.5 Å². The maximum atomic E-state index is 13.8. The smallest absolute Gasteiger partial charge is 0.282 e. The molecular formula is C25H26N2O5. The zero-order chi connectivity index (χ0) is 22.4. The van der Waals surface area contributed by atoms with E-state index in [4.69, 9.17) is 9.47 Å². The lowest BCUT2D eigenvalue weighted by Crippen LogP contribution is -2.40. The lowest BCUT2D eigenvalue weighted by atomic mass is 9.95. The monoisotopic (exact) mass is 434 g/mol. The fraction of sp³-hybridized carbons (Fsp3) is 0.360. The Morgan fingerprint density at radius 3 is 2.62 bits per heavy atom. The van der Waals surface area contributed by atoms with Crippen LogP contribution in [-0.2, 0) is 9.59 Å². The van der Waals surface area contributed by atoms with Crippen molar-refractivity contribution < 1.29 is 24.2 Å². The summed E-state index contributed by atoms with van der Waals surface area (Å²) in [6, 6.07) is 11.0. The number of rotatable bonds is 4. The van der Waals surface area contributed by atoms with Crippen molar-refractivity contribution in [2.75, 3.05) is 31.4 Å². The minimum absolute atomic E-state index is 0.0662. The third-order valence-corrected chi connectivity index (χ3v) is 6.42. The van der Waals surface area contributed by atoms with Gasteiger partial charge in [-0.1, -0.05) is 23.8 Å². The molecule has 0 aromatic heterocycles. The van der Waals surface area contributed by atoms with Crippen LogP contribution in [0.15, 0.2) is 42.1 Å². The minimum Gasteiger partial charge on any atom is -0.454 e. The number of ether oxygens (including phenoxy) is 2. The summed E-state index contributed by atoms with van der Waals surface area (Å²) < 4.78 is 10.8. The summed E-state index contributed by atoms with van der Waals surface area (Å²) >= 11 is 0. The first-order valence-electron chi connectivity index (χ1n) is 10.9. The molecule has 0 bridgehead atoms. The molecule has 2 amide bonds. The Bertz CT molecular complexity index is 1140. The molecule has 0 aliphatic carbocycles. The van der Waals surface area contributed by atoms with Crippen LogP contribution in [0.25, 0.3) is 5.57 Å². The number of benzene rings is 2. The first-order valence-corrected chi connectivity index (χ1v) is 10.9. The van der Waals surface area contributed by atoms with Crippen LogP contribution >= 0.6 is 0 Å². The van der Waals surface area contributed by atoms with Gasteiger partial charge in [0, 0.05) is 25.8 Å². The molecule has 2 aromatic carbocycles. The number of amides is 2. The van der Waals surface area contributed by atoms with Crippen LogP contribution < -0.4 is 14.4 Å². The largest absolute Gasteiger partial charge is 0.454 e. The molecule has 0 radical (unpaired) electrons. The molecule has 0 spiro atoms. The topological polar surface area (TPSA) is 79.3 Å². The van der Waals surface area contributed by atoms with Crippen LogP contribution in [-0.4, -0.2) is 48.3 Å². The van der Waals surface area contributed by atoms with E-state index in [2.05, 4.69) is 0 Å². The Labute approximate surface area is 186 Å². The Morgan fingerprint density at radius 1 is 1.03 bits per heavy atom. The van der Waals surface area contributed by atoms with E-state index >= 15 is 0 Å². The number of aliphatic hydroxyl groups excluding tert-OH is 1. The van der Waals surface area contributed by atoms with Crippen molar-refractivity contribution in [3.8, 4) is 11.5 Å². The molecule has 1 saturated heterocycles. The predicted octanol–water partition coefficient (Wildman–Crippen LogP) is 3.02. The summed E-state index contributed by atoms with van der Waals surface area (Å²) in [5, 5.41) is 9.72. The molecule has 0 saturated carbocycles. The number of imide groups is 1. The van der Waals surface area contributed by atoms with Crippen LogP contribution in [0.2, 0.25) is 0 Å².